The van der Waals surface area contributed by atoms with Gasteiger partial charge in [0, 0.05) is 12.1 Å². The molecule has 0 aliphatic heterocycles. The largest absolute Gasteiger partial charge is 0.483 e. The van der Waals surface area contributed by atoms with E-state index in [1.54, 1.807) is 6.07 Å². The maximum Gasteiger partial charge on any atom is 0.257 e. The predicted molar refractivity (Wildman–Crippen MR) is 78.5 cm³/mol. The van der Waals surface area contributed by atoms with Crippen molar-refractivity contribution in [3.05, 3.63) is 29.8 Å². The Bertz CT molecular complexity index is 458. The molecule has 0 heterocycles. The van der Waals surface area contributed by atoms with Crippen molar-refractivity contribution in [2.45, 2.75) is 33.1 Å². The molecule has 2 N–H and O–H groups in total. The third-order valence-electron chi connectivity index (χ3n) is 2.86. The number of para-hydroxylation sites is 1. The molecule has 0 atom stereocenters. The molecule has 20 heavy (non-hydrogen) atoms. The minimum Gasteiger partial charge on any atom is -0.483 e. The average Bonchev–Trinajstić information content (AvgIpc) is 2.48. The predicted octanol–water partition coefficient (Wildman–Crippen LogP) is 2.57. The Labute approximate surface area is 119 Å². The monoisotopic (exact) mass is 278 g/mol. The second kappa shape index (κ2) is 8.96. The molecule has 1 rings (SSSR count). The van der Waals surface area contributed by atoms with E-state index in [0.29, 0.717) is 30.0 Å². The summed E-state index contributed by atoms with van der Waals surface area (Å²) in [6.45, 7) is 4.59. The van der Waals surface area contributed by atoms with E-state index in [-0.39, 0.29) is 12.5 Å². The van der Waals surface area contributed by atoms with Crippen molar-refractivity contribution in [1.82, 2.24) is 5.32 Å². The SMILES string of the molecule is CCCCNC(=O)COc1ccccc1C(CC)=NO. The Balaban J connectivity index is 2.62. The average molecular weight is 278 g/mol. The molecule has 1 amide bonds. The van der Waals surface area contributed by atoms with Crippen molar-refractivity contribution in [1.29, 1.82) is 0 Å². The third kappa shape index (κ3) is 4.91. The van der Waals surface area contributed by atoms with Crippen LogP contribution in [0.5, 0.6) is 5.75 Å². The molecule has 0 aromatic heterocycles. The first kappa shape index (κ1) is 16.0. The Morgan fingerprint density at radius 2 is 2.10 bits per heavy atom. The number of oxime groups is 1. The number of unbranched alkanes of at least 4 members (excludes halogenated alkanes) is 1. The van der Waals surface area contributed by atoms with Crippen LogP contribution in [0, 0.1) is 0 Å². The van der Waals surface area contributed by atoms with Crippen molar-refractivity contribution in [3.63, 3.8) is 0 Å². The fraction of sp³-hybridized carbons (Fsp3) is 0.467. The topological polar surface area (TPSA) is 70.9 Å². The lowest BCUT2D eigenvalue weighted by Crippen LogP contribution is -2.29. The molecule has 0 unspecified atom stereocenters. The van der Waals surface area contributed by atoms with Gasteiger partial charge in [-0.15, -0.1) is 0 Å². The Morgan fingerprint density at radius 1 is 1.35 bits per heavy atom. The summed E-state index contributed by atoms with van der Waals surface area (Å²) < 4.78 is 5.51. The second-order valence-electron chi connectivity index (χ2n) is 4.39. The van der Waals surface area contributed by atoms with Crippen LogP contribution in [0.1, 0.15) is 38.7 Å². The summed E-state index contributed by atoms with van der Waals surface area (Å²) in [4.78, 5) is 11.6. The molecule has 0 aliphatic carbocycles. The zero-order valence-electron chi connectivity index (χ0n) is 12.1. The number of hydrogen-bond donors (Lipinski definition) is 2. The molecule has 5 heteroatoms. The number of nitrogens with zero attached hydrogens (tertiary/aromatic N) is 1. The molecule has 0 bridgehead atoms. The van der Waals surface area contributed by atoms with Crippen LogP contribution < -0.4 is 10.1 Å². The zero-order valence-corrected chi connectivity index (χ0v) is 12.1. The Kier molecular flexibility index (Phi) is 7.17. The van der Waals surface area contributed by atoms with Crippen LogP contribution in [0.4, 0.5) is 0 Å². The highest BCUT2D eigenvalue weighted by molar-refractivity contribution is 6.02. The number of benzene rings is 1. The summed E-state index contributed by atoms with van der Waals surface area (Å²) in [5, 5.41) is 15.0. The Morgan fingerprint density at radius 3 is 2.75 bits per heavy atom. The van der Waals surface area contributed by atoms with Gasteiger partial charge in [0.25, 0.3) is 5.91 Å². The number of hydrogen-bond acceptors (Lipinski definition) is 4. The molecule has 1 aromatic rings. The van der Waals surface area contributed by atoms with Gasteiger partial charge in [0.2, 0.25) is 0 Å². The van der Waals surface area contributed by atoms with Crippen molar-refractivity contribution < 1.29 is 14.7 Å². The van der Waals surface area contributed by atoms with Crippen molar-refractivity contribution in [2.75, 3.05) is 13.2 Å². The van der Waals surface area contributed by atoms with Gasteiger partial charge in [-0.3, -0.25) is 4.79 Å². The van der Waals surface area contributed by atoms with Crippen molar-refractivity contribution in [3.8, 4) is 5.75 Å². The van der Waals surface area contributed by atoms with Gasteiger partial charge in [-0.2, -0.15) is 0 Å². The molecule has 0 saturated heterocycles. The number of amides is 1. The van der Waals surface area contributed by atoms with E-state index < -0.39 is 0 Å². The fourth-order valence-electron chi connectivity index (χ4n) is 1.74. The van der Waals surface area contributed by atoms with Crippen LogP contribution in [0.2, 0.25) is 0 Å². The molecule has 5 nitrogen and oxygen atoms in total. The van der Waals surface area contributed by atoms with E-state index in [9.17, 15) is 4.79 Å². The first-order valence-electron chi connectivity index (χ1n) is 6.92. The first-order chi connectivity index (χ1) is 9.72. The lowest BCUT2D eigenvalue weighted by atomic mass is 10.1. The van der Waals surface area contributed by atoms with Crippen molar-refractivity contribution >= 4 is 11.6 Å². The standard InChI is InChI=1S/C15H22N2O3/c1-3-5-10-16-15(18)11-20-14-9-7-6-8-12(14)13(4-2)17-19/h6-9,19H,3-5,10-11H2,1-2H3,(H,16,18). The highest BCUT2D eigenvalue weighted by atomic mass is 16.5. The van der Waals surface area contributed by atoms with Gasteiger partial charge in [-0.25, -0.2) is 0 Å². The van der Waals surface area contributed by atoms with Crippen molar-refractivity contribution in [2.24, 2.45) is 5.16 Å². The van der Waals surface area contributed by atoms with Crippen LogP contribution >= 0.6 is 0 Å². The molecule has 0 saturated carbocycles. The van der Waals surface area contributed by atoms with Gasteiger partial charge in [-0.05, 0) is 25.0 Å². The highest BCUT2D eigenvalue weighted by Gasteiger charge is 2.10. The van der Waals surface area contributed by atoms with Crippen LogP contribution in [0.3, 0.4) is 0 Å². The molecule has 110 valence electrons. The lowest BCUT2D eigenvalue weighted by molar-refractivity contribution is -0.123. The highest BCUT2D eigenvalue weighted by Crippen LogP contribution is 2.20. The van der Waals surface area contributed by atoms with E-state index in [2.05, 4.69) is 17.4 Å². The zero-order chi connectivity index (χ0) is 14.8. The van der Waals surface area contributed by atoms with E-state index >= 15 is 0 Å². The summed E-state index contributed by atoms with van der Waals surface area (Å²) in [5.41, 5.74) is 1.24. The van der Waals surface area contributed by atoms with Crippen LogP contribution in [0.15, 0.2) is 29.4 Å². The maximum atomic E-state index is 11.6. The minimum absolute atomic E-state index is 0.0385. The maximum absolute atomic E-state index is 11.6. The van der Waals surface area contributed by atoms with E-state index in [0.717, 1.165) is 12.8 Å². The van der Waals surface area contributed by atoms with Crippen LogP contribution in [-0.4, -0.2) is 30.0 Å². The van der Waals surface area contributed by atoms with E-state index in [4.69, 9.17) is 9.94 Å². The third-order valence-corrected chi connectivity index (χ3v) is 2.86. The summed E-state index contributed by atoms with van der Waals surface area (Å²) in [7, 11) is 0. The normalized spacial score (nSPS) is 11.2. The quantitative estimate of drug-likeness (QED) is 0.332. The number of nitrogens with one attached hydrogen (secondary N) is 1. The summed E-state index contributed by atoms with van der Waals surface area (Å²) in [6.07, 6.45) is 2.58. The molecule has 1 aromatic carbocycles. The Hall–Kier alpha value is -2.04. The van der Waals surface area contributed by atoms with E-state index in [1.165, 1.54) is 0 Å². The molecule has 0 spiro atoms. The molecular formula is C15H22N2O3. The van der Waals surface area contributed by atoms with Gasteiger partial charge >= 0.3 is 0 Å². The first-order valence-corrected chi connectivity index (χ1v) is 6.92. The van der Waals surface area contributed by atoms with Gasteiger partial charge in [-0.1, -0.05) is 37.6 Å². The van der Waals surface area contributed by atoms with Gasteiger partial charge in [0.05, 0.1) is 5.71 Å². The lowest BCUT2D eigenvalue weighted by Gasteiger charge is -2.11. The van der Waals surface area contributed by atoms with E-state index in [1.807, 2.05) is 25.1 Å². The molecular weight excluding hydrogens is 256 g/mol. The van der Waals surface area contributed by atoms with Gasteiger partial charge in [0.1, 0.15) is 5.75 Å². The van der Waals surface area contributed by atoms with Crippen LogP contribution in [0.25, 0.3) is 0 Å². The molecule has 0 radical (unpaired) electrons. The smallest absolute Gasteiger partial charge is 0.257 e. The molecule has 0 aliphatic rings. The van der Waals surface area contributed by atoms with Crippen LogP contribution in [-0.2, 0) is 4.79 Å². The number of ether oxygens (including phenoxy) is 1. The van der Waals surface area contributed by atoms with Gasteiger partial charge in [0.15, 0.2) is 6.61 Å². The minimum atomic E-state index is -0.146. The fourth-order valence-corrected chi connectivity index (χ4v) is 1.74. The number of carbonyl (C=O) groups is 1. The number of rotatable bonds is 8. The summed E-state index contributed by atoms with van der Waals surface area (Å²) >= 11 is 0. The summed E-state index contributed by atoms with van der Waals surface area (Å²) in [6, 6.07) is 7.22. The second-order valence-corrected chi connectivity index (χ2v) is 4.39. The van der Waals surface area contributed by atoms with Gasteiger partial charge < -0.3 is 15.3 Å². The summed E-state index contributed by atoms with van der Waals surface area (Å²) in [5.74, 6) is 0.403. The molecule has 0 fully saturated rings. The number of carbonyl (C=O) groups excluding carboxylic acids is 1.